The van der Waals surface area contributed by atoms with Crippen LogP contribution in [0.4, 0.5) is 13.2 Å². The molecule has 0 spiro atoms. The van der Waals surface area contributed by atoms with Crippen LogP contribution in [0, 0.1) is 0 Å². The van der Waals surface area contributed by atoms with Crippen molar-refractivity contribution in [2.24, 2.45) is 0 Å². The van der Waals surface area contributed by atoms with Crippen LogP contribution in [0.25, 0.3) is 0 Å². The molecule has 3 nitrogen and oxygen atoms in total. The van der Waals surface area contributed by atoms with Gasteiger partial charge >= 0.3 is 6.18 Å². The lowest BCUT2D eigenvalue weighted by Crippen LogP contribution is -2.54. The molecule has 0 bridgehead atoms. The van der Waals surface area contributed by atoms with Gasteiger partial charge in [0.15, 0.2) is 5.60 Å². The van der Waals surface area contributed by atoms with Crippen molar-refractivity contribution in [3.63, 3.8) is 0 Å². The Morgan fingerprint density at radius 3 is 2.61 bits per heavy atom. The molecule has 0 radical (unpaired) electrons. The molecule has 6 heteroatoms. The van der Waals surface area contributed by atoms with Crippen LogP contribution in [0.3, 0.4) is 0 Å². The fourth-order valence-electron chi connectivity index (χ4n) is 2.05. The van der Waals surface area contributed by atoms with E-state index in [1.54, 1.807) is 18.3 Å². The van der Waals surface area contributed by atoms with Crippen molar-refractivity contribution in [1.29, 1.82) is 0 Å². The van der Waals surface area contributed by atoms with Crippen molar-refractivity contribution in [3.8, 4) is 0 Å². The smallest absolute Gasteiger partial charge is 0.361 e. The number of piperidine rings is 1. The molecule has 1 N–H and O–H groups in total. The Hall–Kier alpha value is -1.14. The van der Waals surface area contributed by atoms with E-state index in [9.17, 15) is 13.2 Å². The van der Waals surface area contributed by atoms with Crippen molar-refractivity contribution < 1.29 is 17.9 Å². The van der Waals surface area contributed by atoms with Crippen molar-refractivity contribution in [2.75, 3.05) is 13.1 Å². The normalized spacial score (nSPS) is 19.7. The molecule has 1 saturated heterocycles. The molecule has 1 aliphatic heterocycles. The average Bonchev–Trinajstić information content (AvgIpc) is 2.37. The summed E-state index contributed by atoms with van der Waals surface area (Å²) in [5, 5.41) is 2.92. The lowest BCUT2D eigenvalue weighted by molar-refractivity contribution is -0.289. The molecule has 0 atom stereocenters. The first-order chi connectivity index (χ1) is 8.54. The lowest BCUT2D eigenvalue weighted by atomic mass is 9.91. The summed E-state index contributed by atoms with van der Waals surface area (Å²) < 4.78 is 44.6. The fraction of sp³-hybridized carbons (Fsp3) is 0.583. The van der Waals surface area contributed by atoms with Gasteiger partial charge in [-0.05, 0) is 37.6 Å². The van der Waals surface area contributed by atoms with E-state index in [0.717, 1.165) is 0 Å². The highest BCUT2D eigenvalue weighted by Crippen LogP contribution is 2.40. The first-order valence-corrected chi connectivity index (χ1v) is 5.84. The number of nitrogens with one attached hydrogen (secondary N) is 1. The minimum Gasteiger partial charge on any atom is -0.361 e. The van der Waals surface area contributed by atoms with Gasteiger partial charge in [-0.25, -0.2) is 0 Å². The van der Waals surface area contributed by atoms with E-state index in [1.807, 2.05) is 0 Å². The van der Waals surface area contributed by atoms with Crippen LogP contribution in [-0.2, 0) is 11.3 Å². The Morgan fingerprint density at radius 1 is 1.33 bits per heavy atom. The zero-order chi connectivity index (χ0) is 13.1. The summed E-state index contributed by atoms with van der Waals surface area (Å²) in [7, 11) is 0. The molecule has 0 aromatic carbocycles. The van der Waals surface area contributed by atoms with E-state index in [0.29, 0.717) is 18.7 Å². The van der Waals surface area contributed by atoms with Gasteiger partial charge in [-0.15, -0.1) is 0 Å². The molecule has 0 amide bonds. The van der Waals surface area contributed by atoms with Gasteiger partial charge in [0.1, 0.15) is 0 Å². The van der Waals surface area contributed by atoms with Gasteiger partial charge in [0.25, 0.3) is 0 Å². The number of pyridine rings is 1. The van der Waals surface area contributed by atoms with E-state index < -0.39 is 11.8 Å². The second-order valence-corrected chi connectivity index (χ2v) is 4.39. The van der Waals surface area contributed by atoms with Crippen molar-refractivity contribution in [2.45, 2.75) is 31.2 Å². The molecular weight excluding hydrogens is 245 g/mol. The molecular formula is C12H15F3N2O. The van der Waals surface area contributed by atoms with E-state index in [2.05, 4.69) is 10.3 Å². The molecule has 18 heavy (non-hydrogen) atoms. The Bertz CT molecular complexity index is 375. The molecule has 2 heterocycles. The number of aromatic nitrogens is 1. The molecule has 1 aliphatic rings. The lowest BCUT2D eigenvalue weighted by Gasteiger charge is -2.38. The summed E-state index contributed by atoms with van der Waals surface area (Å²) in [4.78, 5) is 3.86. The van der Waals surface area contributed by atoms with Gasteiger partial charge in [0, 0.05) is 12.4 Å². The number of ether oxygens (including phenoxy) is 1. The zero-order valence-electron chi connectivity index (χ0n) is 9.83. The molecule has 1 aromatic rings. The van der Waals surface area contributed by atoms with Gasteiger partial charge in [0.2, 0.25) is 0 Å². The predicted octanol–water partition coefficient (Wildman–Crippen LogP) is 2.28. The predicted molar refractivity (Wildman–Crippen MR) is 59.9 cm³/mol. The number of nitrogens with zero attached hydrogens (tertiary/aromatic N) is 1. The van der Waals surface area contributed by atoms with Crippen LogP contribution in [-0.4, -0.2) is 29.9 Å². The highest BCUT2D eigenvalue weighted by Gasteiger charge is 2.56. The molecule has 1 aromatic heterocycles. The second kappa shape index (κ2) is 5.24. The Kier molecular flexibility index (Phi) is 3.87. The summed E-state index contributed by atoms with van der Waals surface area (Å²) >= 11 is 0. The van der Waals surface area contributed by atoms with Crippen LogP contribution in [0.1, 0.15) is 18.4 Å². The maximum absolute atomic E-state index is 13.1. The van der Waals surface area contributed by atoms with Crippen molar-refractivity contribution in [1.82, 2.24) is 10.3 Å². The Labute approximate surface area is 103 Å². The summed E-state index contributed by atoms with van der Waals surface area (Å²) in [6.45, 7) is 0.590. The van der Waals surface area contributed by atoms with Gasteiger partial charge < -0.3 is 10.1 Å². The average molecular weight is 260 g/mol. The van der Waals surface area contributed by atoms with Crippen LogP contribution in [0.5, 0.6) is 0 Å². The third-order valence-corrected chi connectivity index (χ3v) is 3.17. The summed E-state index contributed by atoms with van der Waals surface area (Å²) in [5.74, 6) is 0. The summed E-state index contributed by atoms with van der Waals surface area (Å²) in [5.41, 5.74) is -1.37. The number of hydrogen-bond donors (Lipinski definition) is 1. The molecule has 1 fully saturated rings. The topological polar surface area (TPSA) is 34.1 Å². The Morgan fingerprint density at radius 2 is 2.06 bits per heavy atom. The van der Waals surface area contributed by atoms with Gasteiger partial charge in [-0.1, -0.05) is 6.07 Å². The maximum Gasteiger partial charge on any atom is 0.417 e. The third kappa shape index (κ3) is 2.81. The number of hydrogen-bond acceptors (Lipinski definition) is 3. The first-order valence-electron chi connectivity index (χ1n) is 5.84. The van der Waals surface area contributed by atoms with Crippen LogP contribution >= 0.6 is 0 Å². The highest BCUT2D eigenvalue weighted by atomic mass is 19.4. The van der Waals surface area contributed by atoms with Gasteiger partial charge in [-0.2, -0.15) is 13.2 Å². The van der Waals surface area contributed by atoms with E-state index >= 15 is 0 Å². The van der Waals surface area contributed by atoms with Gasteiger partial charge in [-0.3, -0.25) is 4.98 Å². The van der Waals surface area contributed by atoms with Crippen LogP contribution < -0.4 is 5.32 Å². The quantitative estimate of drug-likeness (QED) is 0.905. The fourth-order valence-corrected chi connectivity index (χ4v) is 2.05. The van der Waals surface area contributed by atoms with Crippen molar-refractivity contribution >= 4 is 0 Å². The second-order valence-electron chi connectivity index (χ2n) is 4.39. The molecule has 100 valence electrons. The Balaban J connectivity index is 2.06. The van der Waals surface area contributed by atoms with E-state index in [4.69, 9.17) is 4.74 Å². The van der Waals surface area contributed by atoms with Crippen LogP contribution in [0.2, 0.25) is 0 Å². The third-order valence-electron chi connectivity index (χ3n) is 3.17. The first kappa shape index (κ1) is 13.3. The van der Waals surface area contributed by atoms with Crippen LogP contribution in [0.15, 0.2) is 24.5 Å². The monoisotopic (exact) mass is 260 g/mol. The maximum atomic E-state index is 13.1. The number of alkyl halides is 3. The zero-order valence-corrected chi connectivity index (χ0v) is 9.83. The highest BCUT2D eigenvalue weighted by molar-refractivity contribution is 5.07. The summed E-state index contributed by atoms with van der Waals surface area (Å²) in [6, 6.07) is 3.39. The molecule has 2 rings (SSSR count). The number of halogens is 3. The standard InChI is InChI=1S/C12H15F3N2O/c13-12(14,15)11(3-6-16-7-4-11)18-9-10-2-1-5-17-8-10/h1-2,5,8,16H,3-4,6-7,9H2. The molecule has 0 saturated carbocycles. The SMILES string of the molecule is FC(F)(F)C1(OCc2cccnc2)CCNCC1. The minimum atomic E-state index is -4.34. The number of rotatable bonds is 3. The minimum absolute atomic E-state index is 0.0449. The molecule has 0 unspecified atom stereocenters. The van der Waals surface area contributed by atoms with Crippen molar-refractivity contribution in [3.05, 3.63) is 30.1 Å². The summed E-state index contributed by atoms with van der Waals surface area (Å²) in [6.07, 6.45) is -1.33. The largest absolute Gasteiger partial charge is 0.417 e. The van der Waals surface area contributed by atoms with Gasteiger partial charge in [0.05, 0.1) is 6.61 Å². The van der Waals surface area contributed by atoms with E-state index in [-0.39, 0.29) is 19.4 Å². The van der Waals surface area contributed by atoms with E-state index in [1.165, 1.54) is 6.20 Å². The molecule has 0 aliphatic carbocycles.